The van der Waals surface area contributed by atoms with Gasteiger partial charge in [0.1, 0.15) is 5.82 Å². The van der Waals surface area contributed by atoms with E-state index in [0.29, 0.717) is 5.92 Å². The fourth-order valence-electron chi connectivity index (χ4n) is 4.03. The van der Waals surface area contributed by atoms with Crippen LogP contribution in [0.3, 0.4) is 0 Å². The molecule has 3 nitrogen and oxygen atoms in total. The van der Waals surface area contributed by atoms with Gasteiger partial charge in [-0.1, -0.05) is 37.1 Å². The highest BCUT2D eigenvalue weighted by atomic mass is 19.1. The highest BCUT2D eigenvalue weighted by Gasteiger charge is 2.41. The summed E-state index contributed by atoms with van der Waals surface area (Å²) in [5, 5.41) is 3.11. The van der Waals surface area contributed by atoms with Gasteiger partial charge in [0.05, 0.1) is 11.7 Å². The van der Waals surface area contributed by atoms with Crippen LogP contribution in [-0.4, -0.2) is 16.9 Å². The normalized spacial score (nSPS) is 25.8. The lowest BCUT2D eigenvalue weighted by atomic mass is 9.78. The summed E-state index contributed by atoms with van der Waals surface area (Å²) in [4.78, 5) is 16.5. The summed E-state index contributed by atoms with van der Waals surface area (Å²) < 4.78 is 13.3. The summed E-state index contributed by atoms with van der Waals surface area (Å²) in [6.07, 6.45) is 10.3. The van der Waals surface area contributed by atoms with E-state index in [-0.39, 0.29) is 23.7 Å². The number of fused-ring (bicyclic) bond motifs is 1. The molecule has 1 amide bonds. The molecule has 2 heterocycles. The van der Waals surface area contributed by atoms with Crippen molar-refractivity contribution in [1.82, 2.24) is 10.3 Å². The van der Waals surface area contributed by atoms with Crippen molar-refractivity contribution in [1.29, 1.82) is 0 Å². The van der Waals surface area contributed by atoms with Gasteiger partial charge in [-0.05, 0) is 48.6 Å². The number of nitrogens with zero attached hydrogens (tertiary/aromatic N) is 1. The van der Waals surface area contributed by atoms with Gasteiger partial charge in [-0.3, -0.25) is 9.78 Å². The highest BCUT2D eigenvalue weighted by molar-refractivity contribution is 5.82. The van der Waals surface area contributed by atoms with E-state index in [4.69, 9.17) is 0 Å². The molecule has 0 spiro atoms. The average Bonchev–Trinajstić information content (AvgIpc) is 2.97. The standard InChI is InChI=1S/C21H21FN2O/c22-16-5-3-4-14(12-16)15-8-9-17(23-13-15)10-11-20-18-6-1-2-7-19(18)21(25)24-20/h3-5,8-13,18-20H,1-2,6-7H2,(H,24,25)/b11-10+/t18-,19+,20+/m1/s1. The molecule has 2 fully saturated rings. The lowest BCUT2D eigenvalue weighted by molar-refractivity contribution is -0.123. The first-order chi connectivity index (χ1) is 12.2. The number of carbonyl (C=O) groups is 1. The first-order valence-electron chi connectivity index (χ1n) is 8.91. The molecule has 2 aromatic rings. The van der Waals surface area contributed by atoms with E-state index in [1.807, 2.05) is 24.3 Å². The highest BCUT2D eigenvalue weighted by Crippen LogP contribution is 2.37. The molecule has 128 valence electrons. The molecule has 4 rings (SSSR count). The zero-order valence-electron chi connectivity index (χ0n) is 14.0. The molecule has 1 aliphatic carbocycles. The molecule has 1 N–H and O–H groups in total. The molecular formula is C21H21FN2O. The maximum atomic E-state index is 13.3. The molecule has 1 aromatic carbocycles. The summed E-state index contributed by atoms with van der Waals surface area (Å²) in [7, 11) is 0. The van der Waals surface area contributed by atoms with Crippen molar-refractivity contribution >= 4 is 12.0 Å². The molecule has 0 unspecified atom stereocenters. The van der Waals surface area contributed by atoms with Crippen molar-refractivity contribution in [2.24, 2.45) is 11.8 Å². The van der Waals surface area contributed by atoms with Crippen molar-refractivity contribution in [2.75, 3.05) is 0 Å². The molecule has 1 saturated carbocycles. The van der Waals surface area contributed by atoms with Crippen LogP contribution < -0.4 is 5.32 Å². The molecule has 0 bridgehead atoms. The van der Waals surface area contributed by atoms with Crippen LogP contribution in [0.25, 0.3) is 17.2 Å². The fraction of sp³-hybridized carbons (Fsp3) is 0.333. The molecule has 1 aliphatic heterocycles. The van der Waals surface area contributed by atoms with Crippen molar-refractivity contribution in [2.45, 2.75) is 31.7 Å². The van der Waals surface area contributed by atoms with Gasteiger partial charge in [0.2, 0.25) is 5.91 Å². The predicted molar refractivity (Wildman–Crippen MR) is 96.0 cm³/mol. The smallest absolute Gasteiger partial charge is 0.223 e. The maximum Gasteiger partial charge on any atom is 0.223 e. The van der Waals surface area contributed by atoms with Crippen LogP contribution in [0.5, 0.6) is 0 Å². The Hall–Kier alpha value is -2.49. The number of benzene rings is 1. The average molecular weight is 336 g/mol. The monoisotopic (exact) mass is 336 g/mol. The number of halogens is 1. The van der Waals surface area contributed by atoms with E-state index in [9.17, 15) is 9.18 Å². The lowest BCUT2D eigenvalue weighted by Gasteiger charge is -2.24. The van der Waals surface area contributed by atoms with Gasteiger partial charge in [-0.15, -0.1) is 0 Å². The Kier molecular flexibility index (Phi) is 4.35. The van der Waals surface area contributed by atoms with Crippen LogP contribution >= 0.6 is 0 Å². The second-order valence-electron chi connectivity index (χ2n) is 6.93. The molecule has 2 aliphatic rings. The summed E-state index contributed by atoms with van der Waals surface area (Å²) in [5.74, 6) is 0.560. The second kappa shape index (κ2) is 6.79. The summed E-state index contributed by atoms with van der Waals surface area (Å²) in [6, 6.07) is 10.5. The Labute approximate surface area is 147 Å². The lowest BCUT2D eigenvalue weighted by Crippen LogP contribution is -2.26. The fourth-order valence-corrected chi connectivity index (χ4v) is 4.03. The summed E-state index contributed by atoms with van der Waals surface area (Å²) in [6.45, 7) is 0. The minimum Gasteiger partial charge on any atom is -0.349 e. The quantitative estimate of drug-likeness (QED) is 0.912. The third-order valence-corrected chi connectivity index (χ3v) is 5.35. The number of hydrogen-bond acceptors (Lipinski definition) is 2. The Morgan fingerprint density at radius 2 is 2.00 bits per heavy atom. The van der Waals surface area contributed by atoms with E-state index >= 15 is 0 Å². The number of hydrogen-bond donors (Lipinski definition) is 1. The van der Waals surface area contributed by atoms with E-state index in [0.717, 1.165) is 36.1 Å². The Morgan fingerprint density at radius 3 is 2.80 bits per heavy atom. The van der Waals surface area contributed by atoms with Crippen LogP contribution in [0.15, 0.2) is 48.7 Å². The zero-order chi connectivity index (χ0) is 17.2. The first-order valence-corrected chi connectivity index (χ1v) is 8.91. The largest absolute Gasteiger partial charge is 0.349 e. The Bertz CT molecular complexity index is 800. The number of aromatic nitrogens is 1. The minimum absolute atomic E-state index is 0.113. The van der Waals surface area contributed by atoms with Crippen LogP contribution in [0.2, 0.25) is 0 Å². The van der Waals surface area contributed by atoms with Crippen molar-refractivity contribution in [3.63, 3.8) is 0 Å². The Balaban J connectivity index is 1.48. The van der Waals surface area contributed by atoms with Crippen molar-refractivity contribution in [3.8, 4) is 11.1 Å². The van der Waals surface area contributed by atoms with Gasteiger partial charge in [0.15, 0.2) is 0 Å². The number of nitrogens with one attached hydrogen (secondary N) is 1. The van der Waals surface area contributed by atoms with Gasteiger partial charge >= 0.3 is 0 Å². The van der Waals surface area contributed by atoms with Crippen LogP contribution in [0, 0.1) is 17.7 Å². The number of carbonyl (C=O) groups excluding carboxylic acids is 1. The molecule has 25 heavy (non-hydrogen) atoms. The minimum atomic E-state index is -0.250. The topological polar surface area (TPSA) is 42.0 Å². The molecule has 3 atom stereocenters. The second-order valence-corrected chi connectivity index (χ2v) is 6.93. The van der Waals surface area contributed by atoms with Gasteiger partial charge in [-0.2, -0.15) is 0 Å². The number of rotatable bonds is 3. The van der Waals surface area contributed by atoms with E-state index in [1.165, 1.54) is 18.6 Å². The number of amides is 1. The van der Waals surface area contributed by atoms with Crippen LogP contribution in [-0.2, 0) is 4.79 Å². The van der Waals surface area contributed by atoms with Crippen LogP contribution in [0.4, 0.5) is 4.39 Å². The third kappa shape index (κ3) is 3.34. The van der Waals surface area contributed by atoms with Gasteiger partial charge in [-0.25, -0.2) is 4.39 Å². The Morgan fingerprint density at radius 1 is 1.12 bits per heavy atom. The van der Waals surface area contributed by atoms with Crippen molar-refractivity contribution in [3.05, 3.63) is 60.2 Å². The first kappa shape index (κ1) is 16.0. The molecule has 0 radical (unpaired) electrons. The van der Waals surface area contributed by atoms with Gasteiger partial charge < -0.3 is 5.32 Å². The molecular weight excluding hydrogens is 315 g/mol. The van der Waals surface area contributed by atoms with Gasteiger partial charge in [0, 0.05) is 17.7 Å². The molecule has 1 aromatic heterocycles. The van der Waals surface area contributed by atoms with E-state index in [2.05, 4.69) is 16.4 Å². The predicted octanol–water partition coefficient (Wildman–Crippen LogP) is 4.21. The maximum absolute atomic E-state index is 13.3. The van der Waals surface area contributed by atoms with E-state index in [1.54, 1.807) is 12.3 Å². The van der Waals surface area contributed by atoms with E-state index < -0.39 is 0 Å². The third-order valence-electron chi connectivity index (χ3n) is 5.35. The molecule has 4 heteroatoms. The van der Waals surface area contributed by atoms with Crippen molar-refractivity contribution < 1.29 is 9.18 Å². The SMILES string of the molecule is O=C1N[C@@H](/C=C/c2ccc(-c3cccc(F)c3)cn2)[C@@H]2CCCC[C@H]12. The van der Waals surface area contributed by atoms with Crippen LogP contribution in [0.1, 0.15) is 31.4 Å². The summed E-state index contributed by atoms with van der Waals surface area (Å²) in [5.41, 5.74) is 2.54. The number of pyridine rings is 1. The molecule has 1 saturated heterocycles. The zero-order valence-corrected chi connectivity index (χ0v) is 14.0. The summed E-state index contributed by atoms with van der Waals surface area (Å²) >= 11 is 0. The van der Waals surface area contributed by atoms with Gasteiger partial charge in [0.25, 0.3) is 0 Å².